The molecule has 51 heavy (non-hydrogen) atoms. The normalized spacial score (nSPS) is 20.9. The van der Waals surface area contributed by atoms with Crippen LogP contribution in [0.3, 0.4) is 0 Å². The molecule has 0 aliphatic carbocycles. The van der Waals surface area contributed by atoms with Crippen molar-refractivity contribution in [3.8, 4) is 11.5 Å². The lowest BCUT2D eigenvalue weighted by atomic mass is 9.86. The fourth-order valence-electron chi connectivity index (χ4n) is 6.66. The Morgan fingerprint density at radius 3 is 2.63 bits per heavy atom. The maximum atomic E-state index is 14.3. The van der Waals surface area contributed by atoms with E-state index in [1.807, 2.05) is 44.2 Å². The molecular weight excluding hydrogens is 682 g/mol. The molecule has 0 spiro atoms. The highest BCUT2D eigenvalue weighted by atomic mass is 32.2. The fraction of sp³-hybridized carbons (Fsp3) is 0.611. The average molecular weight is 734 g/mol. The molecule has 0 radical (unpaired) electrons. The Hall–Kier alpha value is -3.47. The van der Waals surface area contributed by atoms with E-state index in [9.17, 15) is 23.1 Å². The summed E-state index contributed by atoms with van der Waals surface area (Å²) in [5.74, 6) is 0.546. The number of aliphatic hydroxyl groups is 1. The predicted octanol–water partition coefficient (Wildman–Crippen LogP) is 3.22. The van der Waals surface area contributed by atoms with E-state index in [1.54, 1.807) is 6.07 Å². The van der Waals surface area contributed by atoms with Crippen molar-refractivity contribution in [2.45, 2.75) is 81.8 Å². The molecule has 0 aromatic heterocycles. The summed E-state index contributed by atoms with van der Waals surface area (Å²) in [4.78, 5) is 24.9. The van der Waals surface area contributed by atoms with Gasteiger partial charge in [0.25, 0.3) is 0 Å². The Bertz CT molecular complexity index is 1560. The lowest BCUT2D eigenvalue weighted by Crippen LogP contribution is -2.52. The van der Waals surface area contributed by atoms with Gasteiger partial charge >= 0.3 is 6.09 Å². The molecule has 3 aliphatic rings. The first-order valence-electron chi connectivity index (χ1n) is 17.5. The number of fused-ring (bicyclic) bond motifs is 2. The van der Waals surface area contributed by atoms with Crippen molar-refractivity contribution in [1.29, 1.82) is 0 Å². The largest absolute Gasteiger partial charge is 0.454 e. The second-order valence-corrected chi connectivity index (χ2v) is 16.0. The van der Waals surface area contributed by atoms with Gasteiger partial charge < -0.3 is 44.2 Å². The maximum absolute atomic E-state index is 14.3. The second kappa shape index (κ2) is 17.8. The minimum absolute atomic E-state index is 0.00287. The molecule has 15 heteroatoms. The Balaban J connectivity index is 1.30. The van der Waals surface area contributed by atoms with Crippen LogP contribution in [-0.2, 0) is 40.2 Å². The van der Waals surface area contributed by atoms with E-state index < -0.39 is 46.1 Å². The molecule has 2 aromatic rings. The van der Waals surface area contributed by atoms with Crippen LogP contribution < -0.4 is 20.1 Å². The van der Waals surface area contributed by atoms with Crippen molar-refractivity contribution >= 4 is 22.0 Å². The van der Waals surface area contributed by atoms with E-state index in [-0.39, 0.29) is 56.2 Å². The number of alkyl carbamates (subject to hydrolysis) is 1. The van der Waals surface area contributed by atoms with Crippen molar-refractivity contribution in [2.24, 2.45) is 11.3 Å². The molecule has 0 bridgehead atoms. The number of unbranched alkanes of at least 4 members (excludes halogenated alkanes) is 2. The molecular formula is C36H51N3O11S. The second-order valence-electron chi connectivity index (χ2n) is 14.0. The highest BCUT2D eigenvalue weighted by molar-refractivity contribution is 7.89. The number of methoxy groups -OCH3 is 1. The van der Waals surface area contributed by atoms with Gasteiger partial charge in [0.15, 0.2) is 17.8 Å². The van der Waals surface area contributed by atoms with Crippen molar-refractivity contribution in [3.63, 3.8) is 0 Å². The highest BCUT2D eigenvalue weighted by Crippen LogP contribution is 2.36. The predicted molar refractivity (Wildman–Crippen MR) is 186 cm³/mol. The molecule has 2 aromatic carbocycles. The quantitative estimate of drug-likeness (QED) is 0.181. The number of sulfonamides is 1. The number of nitrogens with zero attached hydrogens (tertiary/aromatic N) is 1. The molecule has 3 aliphatic heterocycles. The molecule has 5 atom stereocenters. The summed E-state index contributed by atoms with van der Waals surface area (Å²) in [5, 5.41) is 17.5. The number of hydrogen-bond acceptors (Lipinski definition) is 11. The van der Waals surface area contributed by atoms with Gasteiger partial charge in [-0.15, -0.1) is 0 Å². The summed E-state index contributed by atoms with van der Waals surface area (Å²) in [6, 6.07) is 12.9. The fourth-order valence-corrected chi connectivity index (χ4v) is 8.33. The van der Waals surface area contributed by atoms with E-state index in [0.29, 0.717) is 37.5 Å². The van der Waals surface area contributed by atoms with E-state index >= 15 is 0 Å². The third-order valence-corrected chi connectivity index (χ3v) is 11.2. The molecule has 3 N–H and O–H groups in total. The van der Waals surface area contributed by atoms with Crippen molar-refractivity contribution in [3.05, 3.63) is 54.1 Å². The molecule has 0 unspecified atom stereocenters. The zero-order valence-electron chi connectivity index (χ0n) is 29.6. The molecule has 5 rings (SSSR count). The van der Waals surface area contributed by atoms with Crippen LogP contribution in [0.4, 0.5) is 4.79 Å². The van der Waals surface area contributed by atoms with E-state index in [0.717, 1.165) is 24.8 Å². The first-order valence-corrected chi connectivity index (χ1v) is 19.0. The van der Waals surface area contributed by atoms with Crippen LogP contribution in [0.15, 0.2) is 53.4 Å². The third-order valence-electron chi connectivity index (χ3n) is 9.41. The Labute approximate surface area is 300 Å². The Kier molecular flexibility index (Phi) is 13.6. The summed E-state index contributed by atoms with van der Waals surface area (Å²) in [5.41, 5.74) is 0.353. The van der Waals surface area contributed by atoms with E-state index in [1.165, 1.54) is 23.5 Å². The number of carbonyl (C=O) groups excluding carboxylic acids is 2. The summed E-state index contributed by atoms with van der Waals surface area (Å²) in [6.45, 7) is 5.06. The zero-order valence-corrected chi connectivity index (χ0v) is 30.4. The summed E-state index contributed by atoms with van der Waals surface area (Å²) in [6.07, 6.45) is 1.13. The number of hydrogen-bond donors (Lipinski definition) is 3. The lowest BCUT2D eigenvalue weighted by Gasteiger charge is -2.35. The van der Waals surface area contributed by atoms with Gasteiger partial charge in [0.2, 0.25) is 22.7 Å². The van der Waals surface area contributed by atoms with E-state index in [4.69, 9.17) is 28.4 Å². The summed E-state index contributed by atoms with van der Waals surface area (Å²) in [7, 11) is -2.69. The molecule has 282 valence electrons. The van der Waals surface area contributed by atoms with Gasteiger partial charge in [-0.1, -0.05) is 57.0 Å². The third kappa shape index (κ3) is 10.8. The Morgan fingerprint density at radius 1 is 1.06 bits per heavy atom. The number of carbonyl (C=O) groups is 2. The summed E-state index contributed by atoms with van der Waals surface area (Å²) < 4.78 is 62.6. The van der Waals surface area contributed by atoms with Gasteiger partial charge in [-0.2, -0.15) is 4.31 Å². The first-order chi connectivity index (χ1) is 24.4. The maximum Gasteiger partial charge on any atom is 0.407 e. The van der Waals surface area contributed by atoms with Crippen LogP contribution >= 0.6 is 0 Å². The molecule has 14 nitrogen and oxygen atoms in total. The van der Waals surface area contributed by atoms with Crippen LogP contribution in [0.1, 0.15) is 51.5 Å². The van der Waals surface area contributed by atoms with Gasteiger partial charge in [-0.05, 0) is 48.8 Å². The number of rotatable bonds is 19. The van der Waals surface area contributed by atoms with Crippen LogP contribution in [0.5, 0.6) is 11.5 Å². The molecule has 3 heterocycles. The SMILES string of the molecule is COCC(=O)NCCCCCC(C)(C)CN(C[C@@H](O)[C@H](Cc1ccccc1)NC(=O)O[C@H]1CO[C@H]2OCC[C@H]21)S(=O)(=O)c1ccc2c(c1)OCO2. The molecule has 0 saturated carbocycles. The smallest absolute Gasteiger partial charge is 0.407 e. The van der Waals surface area contributed by atoms with Gasteiger partial charge in [0.1, 0.15) is 12.7 Å². The first kappa shape index (κ1) is 38.8. The minimum Gasteiger partial charge on any atom is -0.454 e. The average Bonchev–Trinajstić information content (AvgIpc) is 3.85. The van der Waals surface area contributed by atoms with Crippen LogP contribution in [0, 0.1) is 11.3 Å². The van der Waals surface area contributed by atoms with Crippen molar-refractivity contribution in [1.82, 2.24) is 14.9 Å². The lowest BCUT2D eigenvalue weighted by molar-refractivity contribution is -0.124. The van der Waals surface area contributed by atoms with Crippen LogP contribution in [0.2, 0.25) is 0 Å². The monoisotopic (exact) mass is 733 g/mol. The van der Waals surface area contributed by atoms with Gasteiger partial charge in [-0.3, -0.25) is 4.79 Å². The topological polar surface area (TPSA) is 171 Å². The van der Waals surface area contributed by atoms with Crippen molar-refractivity contribution < 1.29 is 51.5 Å². The van der Waals surface area contributed by atoms with Gasteiger partial charge in [-0.25, -0.2) is 13.2 Å². The number of benzene rings is 2. The number of aliphatic hydroxyl groups excluding tert-OH is 1. The highest BCUT2D eigenvalue weighted by Gasteiger charge is 2.44. The molecule has 2 amide bonds. The van der Waals surface area contributed by atoms with Crippen LogP contribution in [0.25, 0.3) is 0 Å². The van der Waals surface area contributed by atoms with E-state index in [2.05, 4.69) is 10.6 Å². The minimum atomic E-state index is -4.16. The standard InChI is InChI=1S/C36H51N3O11S/c1-36(2,15-8-5-9-16-37-33(41)22-45-3)23-39(51(43,44)26-12-13-30-31(19-26)49-24-48-30)20-29(40)28(18-25-10-6-4-7-11-25)38-35(42)50-32-21-47-34-27(32)14-17-46-34/h4,6-7,10-13,19,27-29,32,34,40H,5,8-9,14-18,20-24H2,1-3H3,(H,37,41)(H,38,42)/t27-,28-,29+,32-,34+/m0/s1. The molecule has 2 fully saturated rings. The van der Waals surface area contributed by atoms with Crippen LogP contribution in [-0.4, -0.2) is 108 Å². The summed E-state index contributed by atoms with van der Waals surface area (Å²) >= 11 is 0. The molecule has 2 saturated heterocycles. The number of amides is 2. The number of ether oxygens (including phenoxy) is 6. The Morgan fingerprint density at radius 2 is 1.84 bits per heavy atom. The number of nitrogens with one attached hydrogen (secondary N) is 2. The van der Waals surface area contributed by atoms with Gasteiger partial charge in [0.05, 0.1) is 36.2 Å². The van der Waals surface area contributed by atoms with Crippen molar-refractivity contribution in [2.75, 3.05) is 53.4 Å². The van der Waals surface area contributed by atoms with Gasteiger partial charge in [0, 0.05) is 32.8 Å². The zero-order chi connectivity index (χ0) is 36.4.